The SMILES string of the molecule is O=C(C[C@]12COC[C@H]1CN(C1CCC1)C2)NCCc1cccs1. The van der Waals surface area contributed by atoms with Gasteiger partial charge in [0.15, 0.2) is 0 Å². The topological polar surface area (TPSA) is 41.6 Å². The van der Waals surface area contributed by atoms with Crippen LogP contribution in [0, 0.1) is 11.3 Å². The average molecular weight is 334 g/mol. The van der Waals surface area contributed by atoms with Gasteiger partial charge in [-0.2, -0.15) is 0 Å². The molecule has 0 bridgehead atoms. The van der Waals surface area contributed by atoms with Crippen LogP contribution < -0.4 is 5.32 Å². The van der Waals surface area contributed by atoms with Crippen LogP contribution in [-0.2, 0) is 16.0 Å². The molecule has 2 aliphatic heterocycles. The van der Waals surface area contributed by atoms with Crippen molar-refractivity contribution in [1.29, 1.82) is 0 Å². The van der Waals surface area contributed by atoms with Crippen LogP contribution in [0.1, 0.15) is 30.6 Å². The van der Waals surface area contributed by atoms with Crippen LogP contribution in [-0.4, -0.2) is 49.7 Å². The molecule has 4 rings (SSSR count). The van der Waals surface area contributed by atoms with Crippen LogP contribution in [0.5, 0.6) is 0 Å². The number of carbonyl (C=O) groups is 1. The Morgan fingerprint density at radius 3 is 3.13 bits per heavy atom. The summed E-state index contributed by atoms with van der Waals surface area (Å²) in [5, 5.41) is 5.21. The second-order valence-electron chi connectivity index (χ2n) is 7.44. The zero-order valence-electron chi connectivity index (χ0n) is 13.6. The van der Waals surface area contributed by atoms with E-state index in [9.17, 15) is 4.79 Å². The molecule has 126 valence electrons. The van der Waals surface area contributed by atoms with Gasteiger partial charge >= 0.3 is 0 Å². The van der Waals surface area contributed by atoms with E-state index in [4.69, 9.17) is 4.74 Å². The lowest BCUT2D eigenvalue weighted by Crippen LogP contribution is -2.42. The van der Waals surface area contributed by atoms with Crippen LogP contribution in [0.3, 0.4) is 0 Å². The molecular formula is C18H26N2O2S. The van der Waals surface area contributed by atoms with Crippen molar-refractivity contribution >= 4 is 17.2 Å². The fourth-order valence-electron chi connectivity index (χ4n) is 4.32. The molecular weight excluding hydrogens is 308 g/mol. The van der Waals surface area contributed by atoms with Gasteiger partial charge in [-0.1, -0.05) is 12.5 Å². The molecule has 2 saturated heterocycles. The van der Waals surface area contributed by atoms with E-state index < -0.39 is 0 Å². The number of thiophene rings is 1. The van der Waals surface area contributed by atoms with Gasteiger partial charge in [-0.05, 0) is 30.7 Å². The van der Waals surface area contributed by atoms with E-state index in [0.29, 0.717) is 12.3 Å². The summed E-state index contributed by atoms with van der Waals surface area (Å²) in [6.07, 6.45) is 5.63. The third-order valence-corrected chi connectivity index (χ3v) is 6.86. The summed E-state index contributed by atoms with van der Waals surface area (Å²) in [5.74, 6) is 0.749. The lowest BCUT2D eigenvalue weighted by Gasteiger charge is -2.36. The molecule has 0 aromatic carbocycles. The zero-order valence-corrected chi connectivity index (χ0v) is 14.4. The van der Waals surface area contributed by atoms with Crippen LogP contribution >= 0.6 is 11.3 Å². The molecule has 1 amide bonds. The van der Waals surface area contributed by atoms with E-state index in [1.165, 1.54) is 24.1 Å². The minimum absolute atomic E-state index is 0.0720. The Kier molecular flexibility index (Phi) is 4.43. The van der Waals surface area contributed by atoms with Gasteiger partial charge in [0, 0.05) is 48.3 Å². The summed E-state index contributed by atoms with van der Waals surface area (Å²) in [6.45, 7) is 4.53. The van der Waals surface area contributed by atoms with Crippen molar-refractivity contribution in [3.8, 4) is 0 Å². The number of amides is 1. The first-order valence-electron chi connectivity index (χ1n) is 8.86. The molecule has 0 unspecified atom stereocenters. The fraction of sp³-hybridized carbons (Fsp3) is 0.722. The van der Waals surface area contributed by atoms with E-state index >= 15 is 0 Å². The predicted molar refractivity (Wildman–Crippen MR) is 91.6 cm³/mol. The second-order valence-corrected chi connectivity index (χ2v) is 8.48. The third kappa shape index (κ3) is 3.19. The van der Waals surface area contributed by atoms with E-state index in [1.54, 1.807) is 11.3 Å². The first kappa shape index (κ1) is 15.6. The van der Waals surface area contributed by atoms with Crippen molar-refractivity contribution in [3.05, 3.63) is 22.4 Å². The molecule has 0 radical (unpaired) electrons. The van der Waals surface area contributed by atoms with Gasteiger partial charge in [-0.25, -0.2) is 0 Å². The largest absolute Gasteiger partial charge is 0.380 e. The highest BCUT2D eigenvalue weighted by atomic mass is 32.1. The van der Waals surface area contributed by atoms with E-state index in [-0.39, 0.29) is 11.3 Å². The first-order chi connectivity index (χ1) is 11.3. The van der Waals surface area contributed by atoms with Crippen molar-refractivity contribution in [2.45, 2.75) is 38.1 Å². The number of nitrogens with one attached hydrogen (secondary N) is 1. The molecule has 1 N–H and O–H groups in total. The lowest BCUT2D eigenvalue weighted by atomic mass is 9.78. The molecule has 1 saturated carbocycles. The number of fused-ring (bicyclic) bond motifs is 1. The summed E-state index contributed by atoms with van der Waals surface area (Å²) >= 11 is 1.76. The lowest BCUT2D eigenvalue weighted by molar-refractivity contribution is -0.123. The summed E-state index contributed by atoms with van der Waals surface area (Å²) in [7, 11) is 0. The molecule has 1 aromatic rings. The molecule has 3 heterocycles. The molecule has 1 aromatic heterocycles. The fourth-order valence-corrected chi connectivity index (χ4v) is 5.02. The summed E-state index contributed by atoms with van der Waals surface area (Å²) in [5.41, 5.74) is 0.0720. The summed E-state index contributed by atoms with van der Waals surface area (Å²) < 4.78 is 5.75. The predicted octanol–water partition coefficient (Wildman–Crippen LogP) is 2.30. The highest BCUT2D eigenvalue weighted by Gasteiger charge is 2.53. The van der Waals surface area contributed by atoms with Crippen molar-refractivity contribution < 1.29 is 9.53 Å². The Morgan fingerprint density at radius 1 is 1.48 bits per heavy atom. The van der Waals surface area contributed by atoms with Crippen molar-refractivity contribution in [3.63, 3.8) is 0 Å². The maximum absolute atomic E-state index is 12.4. The van der Waals surface area contributed by atoms with Crippen LogP contribution in [0.25, 0.3) is 0 Å². The van der Waals surface area contributed by atoms with Crippen molar-refractivity contribution in [1.82, 2.24) is 10.2 Å². The maximum Gasteiger partial charge on any atom is 0.220 e. The molecule has 0 spiro atoms. The van der Waals surface area contributed by atoms with Gasteiger partial charge in [0.05, 0.1) is 13.2 Å². The highest BCUT2D eigenvalue weighted by Crippen LogP contribution is 2.46. The van der Waals surface area contributed by atoms with Gasteiger partial charge < -0.3 is 10.1 Å². The number of hydrogen-bond acceptors (Lipinski definition) is 4. The Balaban J connectivity index is 1.30. The Hall–Kier alpha value is -0.910. The number of hydrogen-bond donors (Lipinski definition) is 1. The van der Waals surface area contributed by atoms with Gasteiger partial charge in [0.1, 0.15) is 0 Å². The van der Waals surface area contributed by atoms with E-state index in [1.807, 2.05) is 0 Å². The Morgan fingerprint density at radius 2 is 2.39 bits per heavy atom. The molecule has 3 aliphatic rings. The number of likely N-dealkylation sites (tertiary alicyclic amines) is 1. The monoisotopic (exact) mass is 334 g/mol. The number of rotatable bonds is 6. The zero-order chi connectivity index (χ0) is 15.7. The van der Waals surface area contributed by atoms with Crippen molar-refractivity contribution in [2.75, 3.05) is 32.8 Å². The second kappa shape index (κ2) is 6.54. The summed E-state index contributed by atoms with van der Waals surface area (Å²) in [4.78, 5) is 16.4. The van der Waals surface area contributed by atoms with Crippen molar-refractivity contribution in [2.24, 2.45) is 11.3 Å². The third-order valence-electron chi connectivity index (χ3n) is 5.92. The molecule has 3 fully saturated rings. The average Bonchev–Trinajstić information content (AvgIpc) is 3.12. The number of carbonyl (C=O) groups excluding carboxylic acids is 1. The number of nitrogens with zero attached hydrogens (tertiary/aromatic N) is 1. The van der Waals surface area contributed by atoms with Crippen LogP contribution in [0.15, 0.2) is 17.5 Å². The van der Waals surface area contributed by atoms with Crippen LogP contribution in [0.4, 0.5) is 0 Å². The minimum Gasteiger partial charge on any atom is -0.380 e. The quantitative estimate of drug-likeness (QED) is 0.868. The van der Waals surface area contributed by atoms with Gasteiger partial charge in [0.25, 0.3) is 0 Å². The standard InChI is InChI=1S/C18H26N2O2S/c21-17(19-7-6-16-5-2-8-23-16)9-18-12-20(15-3-1-4-15)10-14(18)11-22-13-18/h2,5,8,14-15H,1,3-4,6-7,9-13H2,(H,19,21)/t14-,18+/m1/s1. The highest BCUT2D eigenvalue weighted by molar-refractivity contribution is 7.09. The molecule has 23 heavy (non-hydrogen) atoms. The molecule has 1 aliphatic carbocycles. The number of ether oxygens (including phenoxy) is 1. The normalized spacial score (nSPS) is 31.0. The Bertz CT molecular complexity index is 543. The van der Waals surface area contributed by atoms with Gasteiger partial charge in [-0.15, -0.1) is 11.3 Å². The minimum atomic E-state index is 0.0720. The summed E-state index contributed by atoms with van der Waals surface area (Å²) in [6, 6.07) is 4.97. The molecule has 5 heteroatoms. The maximum atomic E-state index is 12.4. The van der Waals surface area contributed by atoms with E-state index in [0.717, 1.165) is 45.3 Å². The first-order valence-corrected chi connectivity index (χ1v) is 9.74. The van der Waals surface area contributed by atoms with Gasteiger partial charge in [0.2, 0.25) is 5.91 Å². The molecule has 4 nitrogen and oxygen atoms in total. The smallest absolute Gasteiger partial charge is 0.220 e. The Labute approximate surface area is 142 Å². The van der Waals surface area contributed by atoms with Gasteiger partial charge in [-0.3, -0.25) is 9.69 Å². The molecule has 2 atom stereocenters. The van der Waals surface area contributed by atoms with E-state index in [2.05, 4.69) is 27.7 Å². The van der Waals surface area contributed by atoms with Crippen LogP contribution in [0.2, 0.25) is 0 Å².